The van der Waals surface area contributed by atoms with Crippen molar-refractivity contribution in [2.24, 2.45) is 10.8 Å². The van der Waals surface area contributed by atoms with E-state index in [1.54, 1.807) is 0 Å². The minimum Gasteiger partial charge on any atom is -0.675 e. The molecule has 1 aliphatic carbocycles. The van der Waals surface area contributed by atoms with Gasteiger partial charge in [0, 0.05) is 5.41 Å². The third kappa shape index (κ3) is 2.20. The summed E-state index contributed by atoms with van der Waals surface area (Å²) in [4.78, 5) is 0. The first kappa shape index (κ1) is 10.0. The second-order valence-corrected chi connectivity index (χ2v) is 5.51. The zero-order valence-corrected chi connectivity index (χ0v) is 8.61. The molecule has 2 nitrogen and oxygen atoms in total. The van der Waals surface area contributed by atoms with Crippen LogP contribution in [-0.2, 0) is 0 Å². The Balaban J connectivity index is 2.70. The molecule has 0 saturated heterocycles. The van der Waals surface area contributed by atoms with Crippen molar-refractivity contribution in [2.75, 3.05) is 6.54 Å². The standard InChI is InChI=1S/C10H21N2/c1-9(2)4-8(12)5-10(3,6-9)7-11/h8,12H,4-7,11H2,1-3H3/q-1/p+1. The lowest BCUT2D eigenvalue weighted by Gasteiger charge is -2.47. The number of hydrogen-bond acceptors (Lipinski definition) is 0. The molecule has 0 aromatic rings. The van der Waals surface area contributed by atoms with E-state index < -0.39 is 0 Å². The van der Waals surface area contributed by atoms with Crippen LogP contribution in [0.15, 0.2) is 0 Å². The second-order valence-electron chi connectivity index (χ2n) is 5.51. The maximum Gasteiger partial charge on any atom is 0.0793 e. The Kier molecular flexibility index (Phi) is 2.50. The molecule has 1 saturated carbocycles. The molecule has 0 bridgehead atoms. The number of hydrogen-bond donors (Lipinski definition) is 1. The fourth-order valence-corrected chi connectivity index (χ4v) is 2.82. The molecule has 0 heterocycles. The van der Waals surface area contributed by atoms with Gasteiger partial charge in [-0.05, 0) is 11.8 Å². The van der Waals surface area contributed by atoms with Crippen LogP contribution in [0.25, 0.3) is 5.73 Å². The topological polar surface area (TPSA) is 51.4 Å². The average molecular weight is 170 g/mol. The smallest absolute Gasteiger partial charge is 0.0793 e. The predicted molar refractivity (Wildman–Crippen MR) is 51.6 cm³/mol. The van der Waals surface area contributed by atoms with Gasteiger partial charge in [-0.25, -0.2) is 0 Å². The van der Waals surface area contributed by atoms with E-state index in [1.165, 1.54) is 6.42 Å². The van der Waals surface area contributed by atoms with E-state index in [4.69, 9.17) is 5.73 Å². The van der Waals surface area contributed by atoms with Gasteiger partial charge in [0.05, 0.1) is 6.54 Å². The Labute approximate surface area is 75.7 Å². The maximum absolute atomic E-state index is 7.86. The highest BCUT2D eigenvalue weighted by atomic mass is 14.7. The molecule has 4 N–H and O–H groups in total. The largest absolute Gasteiger partial charge is 0.675 e. The molecule has 72 valence electrons. The monoisotopic (exact) mass is 170 g/mol. The van der Waals surface area contributed by atoms with Crippen molar-refractivity contribution in [3.05, 3.63) is 5.73 Å². The molecule has 0 radical (unpaired) electrons. The third-order valence-corrected chi connectivity index (χ3v) is 3.05. The van der Waals surface area contributed by atoms with Gasteiger partial charge in [0.15, 0.2) is 0 Å². The quantitative estimate of drug-likeness (QED) is 0.624. The van der Waals surface area contributed by atoms with E-state index in [9.17, 15) is 0 Å². The minimum absolute atomic E-state index is 0.139. The molecule has 2 heteroatoms. The Bertz CT molecular complexity index is 165. The first-order chi connectivity index (χ1) is 5.37. The second kappa shape index (κ2) is 3.00. The van der Waals surface area contributed by atoms with Crippen LogP contribution in [0.4, 0.5) is 0 Å². The molecule has 1 aliphatic rings. The van der Waals surface area contributed by atoms with Gasteiger partial charge >= 0.3 is 0 Å². The minimum atomic E-state index is 0.139. The Morgan fingerprint density at radius 1 is 1.33 bits per heavy atom. The molecule has 1 fully saturated rings. The summed E-state index contributed by atoms with van der Waals surface area (Å²) in [7, 11) is 0. The fourth-order valence-electron chi connectivity index (χ4n) is 2.82. The van der Waals surface area contributed by atoms with E-state index in [0.717, 1.165) is 19.4 Å². The summed E-state index contributed by atoms with van der Waals surface area (Å²) in [6.45, 7) is 7.82. The van der Waals surface area contributed by atoms with Gasteiger partial charge in [-0.2, -0.15) is 0 Å². The SMILES string of the molecule is CC1(C)CC([NH-])CC(C)(C[NH3+])C1. The van der Waals surface area contributed by atoms with Crippen molar-refractivity contribution in [1.82, 2.24) is 0 Å². The summed E-state index contributed by atoms with van der Waals surface area (Å²) in [5.74, 6) is 0. The van der Waals surface area contributed by atoms with E-state index in [0.29, 0.717) is 10.8 Å². The highest BCUT2D eigenvalue weighted by Gasteiger charge is 2.37. The van der Waals surface area contributed by atoms with Crippen LogP contribution in [0.1, 0.15) is 40.0 Å². The van der Waals surface area contributed by atoms with Crippen LogP contribution in [0.3, 0.4) is 0 Å². The number of rotatable bonds is 1. The summed E-state index contributed by atoms with van der Waals surface area (Å²) in [5, 5.41) is 0. The highest BCUT2D eigenvalue weighted by molar-refractivity contribution is 4.96. The third-order valence-electron chi connectivity index (χ3n) is 3.05. The first-order valence-electron chi connectivity index (χ1n) is 4.87. The zero-order chi connectivity index (χ0) is 9.41. The van der Waals surface area contributed by atoms with Crippen LogP contribution in [0.5, 0.6) is 0 Å². The van der Waals surface area contributed by atoms with Crippen molar-refractivity contribution >= 4 is 0 Å². The number of quaternary nitrogens is 1. The summed E-state index contributed by atoms with van der Waals surface area (Å²) >= 11 is 0. The van der Waals surface area contributed by atoms with E-state index in [-0.39, 0.29) is 6.04 Å². The van der Waals surface area contributed by atoms with Crippen molar-refractivity contribution < 1.29 is 5.73 Å². The van der Waals surface area contributed by atoms with E-state index >= 15 is 0 Å². The van der Waals surface area contributed by atoms with E-state index in [2.05, 4.69) is 26.5 Å². The normalized spacial score (nSPS) is 41.2. The molecule has 0 spiro atoms. The number of nitrogens with one attached hydrogen (secondary N) is 1. The molecule has 0 aromatic carbocycles. The van der Waals surface area contributed by atoms with Gasteiger partial charge in [-0.3, -0.25) is 0 Å². The molecular formula is C10H22N2. The lowest BCUT2D eigenvalue weighted by atomic mass is 9.63. The summed E-state index contributed by atoms with van der Waals surface area (Å²) in [6.07, 6.45) is 3.33. The van der Waals surface area contributed by atoms with Gasteiger partial charge in [0.2, 0.25) is 0 Å². The van der Waals surface area contributed by atoms with Crippen molar-refractivity contribution in [3.63, 3.8) is 0 Å². The lowest BCUT2D eigenvalue weighted by molar-refractivity contribution is -0.395. The van der Waals surface area contributed by atoms with Crippen LogP contribution >= 0.6 is 0 Å². The van der Waals surface area contributed by atoms with Crippen LogP contribution in [0, 0.1) is 10.8 Å². The molecule has 2 unspecified atom stereocenters. The van der Waals surface area contributed by atoms with Crippen molar-refractivity contribution in [2.45, 2.75) is 46.1 Å². The first-order valence-corrected chi connectivity index (χ1v) is 4.87. The predicted octanol–water partition coefficient (Wildman–Crippen LogP) is 1.87. The van der Waals surface area contributed by atoms with Gasteiger partial charge in [0.1, 0.15) is 0 Å². The summed E-state index contributed by atoms with van der Waals surface area (Å²) in [6, 6.07) is 0.139. The zero-order valence-electron chi connectivity index (χ0n) is 8.61. The average Bonchev–Trinajstić information content (AvgIpc) is 1.82. The summed E-state index contributed by atoms with van der Waals surface area (Å²) < 4.78 is 0. The van der Waals surface area contributed by atoms with Gasteiger partial charge in [0.25, 0.3) is 0 Å². The molecular weight excluding hydrogens is 148 g/mol. The van der Waals surface area contributed by atoms with Gasteiger partial charge < -0.3 is 11.5 Å². The lowest BCUT2D eigenvalue weighted by Crippen LogP contribution is -2.59. The van der Waals surface area contributed by atoms with E-state index in [1.807, 2.05) is 0 Å². The van der Waals surface area contributed by atoms with Crippen molar-refractivity contribution in [1.29, 1.82) is 0 Å². The van der Waals surface area contributed by atoms with Crippen molar-refractivity contribution in [3.8, 4) is 0 Å². The Morgan fingerprint density at radius 3 is 2.33 bits per heavy atom. The molecule has 0 aliphatic heterocycles. The maximum atomic E-state index is 7.86. The van der Waals surface area contributed by atoms with Crippen LogP contribution in [-0.4, -0.2) is 12.6 Å². The van der Waals surface area contributed by atoms with Gasteiger partial charge in [-0.15, -0.1) is 6.04 Å². The molecule has 0 amide bonds. The fraction of sp³-hybridized carbons (Fsp3) is 1.00. The Morgan fingerprint density at radius 2 is 1.92 bits per heavy atom. The molecule has 1 rings (SSSR count). The van der Waals surface area contributed by atoms with Crippen LogP contribution in [0.2, 0.25) is 0 Å². The molecule has 0 aromatic heterocycles. The highest BCUT2D eigenvalue weighted by Crippen LogP contribution is 2.45. The molecule has 12 heavy (non-hydrogen) atoms. The molecule has 2 atom stereocenters. The van der Waals surface area contributed by atoms with Crippen LogP contribution < -0.4 is 5.73 Å². The van der Waals surface area contributed by atoms with Gasteiger partial charge in [-0.1, -0.05) is 33.6 Å². The Hall–Kier alpha value is -0.0800. The summed E-state index contributed by atoms with van der Waals surface area (Å²) in [5.41, 5.74) is 12.5.